The number of methoxy groups -OCH3 is 1. The summed E-state index contributed by atoms with van der Waals surface area (Å²) < 4.78 is 6.81. The van der Waals surface area contributed by atoms with Crippen molar-refractivity contribution in [3.63, 3.8) is 0 Å². The quantitative estimate of drug-likeness (QED) is 0.794. The first-order chi connectivity index (χ1) is 9.20. The Morgan fingerprint density at radius 3 is 3.16 bits per heavy atom. The van der Waals surface area contributed by atoms with Gasteiger partial charge in [-0.2, -0.15) is 0 Å². The Kier molecular flexibility index (Phi) is 4.93. The third-order valence-electron chi connectivity index (χ3n) is 3.58. The van der Waals surface area contributed by atoms with Crippen LogP contribution in [0.3, 0.4) is 0 Å². The van der Waals surface area contributed by atoms with Crippen LogP contribution >= 0.6 is 0 Å². The highest BCUT2D eigenvalue weighted by atomic mass is 16.5. The van der Waals surface area contributed by atoms with Crippen LogP contribution in [0.15, 0.2) is 12.5 Å². The van der Waals surface area contributed by atoms with E-state index in [1.54, 1.807) is 24.2 Å². The number of rotatable bonds is 6. The van der Waals surface area contributed by atoms with Gasteiger partial charge in [-0.1, -0.05) is 0 Å². The van der Waals surface area contributed by atoms with Crippen LogP contribution in [0.1, 0.15) is 16.9 Å². The van der Waals surface area contributed by atoms with Gasteiger partial charge in [0, 0.05) is 33.8 Å². The molecule has 6 heteroatoms. The summed E-state index contributed by atoms with van der Waals surface area (Å²) in [5, 5.41) is 2.99. The molecule has 2 rings (SSSR count). The molecule has 1 atom stereocenters. The second kappa shape index (κ2) is 6.68. The van der Waals surface area contributed by atoms with Gasteiger partial charge < -0.3 is 19.5 Å². The molecular weight excluding hydrogens is 244 g/mol. The van der Waals surface area contributed by atoms with Gasteiger partial charge in [0.1, 0.15) is 5.69 Å². The van der Waals surface area contributed by atoms with Crippen molar-refractivity contribution in [1.82, 2.24) is 19.8 Å². The van der Waals surface area contributed by atoms with Crippen LogP contribution in [-0.4, -0.2) is 60.3 Å². The Bertz CT molecular complexity index is 419. The number of aromatic nitrogens is 2. The van der Waals surface area contributed by atoms with Crippen molar-refractivity contribution in [2.45, 2.75) is 6.42 Å². The number of carbonyl (C=O) groups excluding carboxylic acids is 1. The smallest absolute Gasteiger partial charge is 0.269 e. The number of hydrogen-bond donors (Lipinski definition) is 1. The number of carbonyl (C=O) groups is 1. The van der Waals surface area contributed by atoms with E-state index in [1.807, 2.05) is 7.05 Å². The van der Waals surface area contributed by atoms with Crippen molar-refractivity contribution < 1.29 is 9.53 Å². The van der Waals surface area contributed by atoms with Gasteiger partial charge in [-0.3, -0.25) is 4.79 Å². The first-order valence-corrected chi connectivity index (χ1v) is 6.66. The zero-order valence-corrected chi connectivity index (χ0v) is 11.6. The van der Waals surface area contributed by atoms with Gasteiger partial charge in [0.05, 0.1) is 19.1 Å². The molecule has 1 amide bonds. The topological polar surface area (TPSA) is 59.4 Å². The van der Waals surface area contributed by atoms with Crippen LogP contribution in [0.4, 0.5) is 0 Å². The van der Waals surface area contributed by atoms with Crippen LogP contribution in [0.5, 0.6) is 0 Å². The SMILES string of the molecule is COCCN1CC[C@@H](CNC(=O)c2cncn2C)C1. The molecule has 6 nitrogen and oxygen atoms in total. The predicted molar refractivity (Wildman–Crippen MR) is 72.0 cm³/mol. The van der Waals surface area contributed by atoms with Gasteiger partial charge in [0.15, 0.2) is 0 Å². The van der Waals surface area contributed by atoms with Crippen LogP contribution in [0.2, 0.25) is 0 Å². The highest BCUT2D eigenvalue weighted by molar-refractivity contribution is 5.92. The van der Waals surface area contributed by atoms with E-state index in [2.05, 4.69) is 15.2 Å². The van der Waals surface area contributed by atoms with Crippen molar-refractivity contribution in [1.29, 1.82) is 0 Å². The first-order valence-electron chi connectivity index (χ1n) is 6.66. The van der Waals surface area contributed by atoms with Gasteiger partial charge in [-0.05, 0) is 18.9 Å². The summed E-state index contributed by atoms with van der Waals surface area (Å²) >= 11 is 0. The van der Waals surface area contributed by atoms with Gasteiger partial charge in [-0.15, -0.1) is 0 Å². The van der Waals surface area contributed by atoms with E-state index < -0.39 is 0 Å². The maximum absolute atomic E-state index is 11.9. The van der Waals surface area contributed by atoms with Gasteiger partial charge in [0.2, 0.25) is 0 Å². The lowest BCUT2D eigenvalue weighted by atomic mass is 10.1. The number of aryl methyl sites for hydroxylation is 1. The molecule has 1 aromatic heterocycles. The Hall–Kier alpha value is -1.40. The summed E-state index contributed by atoms with van der Waals surface area (Å²) in [4.78, 5) is 18.3. The van der Waals surface area contributed by atoms with Crippen LogP contribution < -0.4 is 5.32 Å². The normalized spacial score (nSPS) is 19.8. The molecule has 0 aliphatic carbocycles. The van der Waals surface area contributed by atoms with E-state index in [4.69, 9.17) is 4.74 Å². The molecule has 1 saturated heterocycles. The fourth-order valence-electron chi connectivity index (χ4n) is 2.41. The number of hydrogen-bond acceptors (Lipinski definition) is 4. The zero-order chi connectivity index (χ0) is 13.7. The van der Waals surface area contributed by atoms with Crippen molar-refractivity contribution in [2.75, 3.05) is 39.9 Å². The second-order valence-electron chi connectivity index (χ2n) is 5.05. The third kappa shape index (κ3) is 3.78. The molecule has 19 heavy (non-hydrogen) atoms. The van der Waals surface area contributed by atoms with E-state index >= 15 is 0 Å². The van der Waals surface area contributed by atoms with E-state index in [9.17, 15) is 4.79 Å². The fourth-order valence-corrected chi connectivity index (χ4v) is 2.41. The minimum Gasteiger partial charge on any atom is -0.383 e. The summed E-state index contributed by atoms with van der Waals surface area (Å²) in [5.41, 5.74) is 0.606. The zero-order valence-electron chi connectivity index (χ0n) is 11.6. The van der Waals surface area contributed by atoms with Crippen LogP contribution in [0.25, 0.3) is 0 Å². The minimum atomic E-state index is -0.0460. The fraction of sp³-hybridized carbons (Fsp3) is 0.692. The third-order valence-corrected chi connectivity index (χ3v) is 3.58. The number of nitrogens with zero attached hydrogens (tertiary/aromatic N) is 3. The van der Waals surface area contributed by atoms with Crippen molar-refractivity contribution in [3.8, 4) is 0 Å². The molecule has 2 heterocycles. The predicted octanol–water partition coefficient (Wildman–Crippen LogP) is 0.118. The highest BCUT2D eigenvalue weighted by Gasteiger charge is 2.22. The number of ether oxygens (including phenoxy) is 1. The Morgan fingerprint density at radius 1 is 1.63 bits per heavy atom. The van der Waals surface area contributed by atoms with E-state index in [0.717, 1.165) is 39.2 Å². The largest absolute Gasteiger partial charge is 0.383 e. The summed E-state index contributed by atoms with van der Waals surface area (Å²) in [6.45, 7) is 4.61. The van der Waals surface area contributed by atoms with Gasteiger partial charge >= 0.3 is 0 Å². The maximum Gasteiger partial charge on any atom is 0.269 e. The molecule has 0 unspecified atom stereocenters. The lowest BCUT2D eigenvalue weighted by Crippen LogP contribution is -2.32. The molecule has 0 saturated carbocycles. The van der Waals surface area contributed by atoms with E-state index in [-0.39, 0.29) is 5.91 Å². The van der Waals surface area contributed by atoms with Crippen molar-refractivity contribution >= 4 is 5.91 Å². The summed E-state index contributed by atoms with van der Waals surface area (Å²) in [6, 6.07) is 0. The van der Waals surface area contributed by atoms with Gasteiger partial charge in [-0.25, -0.2) is 4.98 Å². The molecule has 1 aromatic rings. The van der Waals surface area contributed by atoms with Crippen molar-refractivity contribution in [2.24, 2.45) is 13.0 Å². The first kappa shape index (κ1) is 14.0. The standard InChI is InChI=1S/C13H22N4O2/c1-16-10-14-8-12(16)13(18)15-7-11-3-4-17(9-11)5-6-19-2/h8,10-11H,3-7,9H2,1-2H3,(H,15,18)/t11-/m0/s1. The molecule has 1 aliphatic rings. The molecule has 1 N–H and O–H groups in total. The van der Waals surface area contributed by atoms with Gasteiger partial charge in [0.25, 0.3) is 5.91 Å². The molecule has 0 radical (unpaired) electrons. The molecule has 1 aliphatic heterocycles. The number of nitrogens with one attached hydrogen (secondary N) is 1. The molecule has 106 valence electrons. The molecular formula is C13H22N4O2. The lowest BCUT2D eigenvalue weighted by Gasteiger charge is -2.15. The van der Waals surface area contributed by atoms with Crippen LogP contribution in [-0.2, 0) is 11.8 Å². The number of imidazole rings is 1. The number of amides is 1. The molecule has 0 aromatic carbocycles. The summed E-state index contributed by atoms with van der Waals surface area (Å²) in [7, 11) is 3.55. The lowest BCUT2D eigenvalue weighted by molar-refractivity contribution is 0.0938. The van der Waals surface area contributed by atoms with Crippen molar-refractivity contribution in [3.05, 3.63) is 18.2 Å². The molecule has 0 spiro atoms. The summed E-state index contributed by atoms with van der Waals surface area (Å²) in [6.07, 6.45) is 4.36. The Morgan fingerprint density at radius 2 is 2.47 bits per heavy atom. The monoisotopic (exact) mass is 266 g/mol. The van der Waals surface area contributed by atoms with E-state index in [0.29, 0.717) is 11.6 Å². The molecule has 0 bridgehead atoms. The Labute approximate surface area is 113 Å². The number of likely N-dealkylation sites (tertiary alicyclic amines) is 1. The Balaban J connectivity index is 1.72. The second-order valence-corrected chi connectivity index (χ2v) is 5.05. The minimum absolute atomic E-state index is 0.0460. The summed E-state index contributed by atoms with van der Waals surface area (Å²) in [5.74, 6) is 0.490. The van der Waals surface area contributed by atoms with Crippen LogP contribution in [0, 0.1) is 5.92 Å². The van der Waals surface area contributed by atoms with E-state index in [1.165, 1.54) is 0 Å². The maximum atomic E-state index is 11.9. The highest BCUT2D eigenvalue weighted by Crippen LogP contribution is 2.14. The average Bonchev–Trinajstić information content (AvgIpc) is 3.02. The average molecular weight is 266 g/mol. The molecule has 1 fully saturated rings.